The van der Waals surface area contributed by atoms with Crippen LogP contribution in [0.3, 0.4) is 0 Å². The van der Waals surface area contributed by atoms with E-state index in [4.69, 9.17) is 4.74 Å². The molecule has 23 heavy (non-hydrogen) atoms. The Kier molecular flexibility index (Phi) is 4.34. The third-order valence-corrected chi connectivity index (χ3v) is 4.03. The van der Waals surface area contributed by atoms with Crippen molar-refractivity contribution < 1.29 is 19.1 Å². The number of carbonyl (C=O) groups is 3. The van der Waals surface area contributed by atoms with Crippen molar-refractivity contribution in [3.05, 3.63) is 15.6 Å². The van der Waals surface area contributed by atoms with Gasteiger partial charge in [0.05, 0.1) is 17.2 Å². The van der Waals surface area contributed by atoms with Crippen molar-refractivity contribution in [3.63, 3.8) is 0 Å². The van der Waals surface area contributed by atoms with Crippen molar-refractivity contribution in [3.8, 4) is 0 Å². The van der Waals surface area contributed by atoms with Crippen LogP contribution in [0.15, 0.2) is 0 Å². The molecule has 1 aliphatic heterocycles. The van der Waals surface area contributed by atoms with Crippen molar-refractivity contribution in [1.29, 1.82) is 0 Å². The minimum atomic E-state index is -1.43. The second kappa shape index (κ2) is 5.80. The number of alkyl carbamates (subject to hydrolysis) is 1. The molecule has 1 aliphatic rings. The standard InChI is InChI=1S/C14H20N4O4S/c1-7-9(16-8(2)23-7)14(10(19)17-11(20)18-14)6-15-12(21)22-13(3,4)5/h6H2,1-5H3,(H,15,21)(H2,17,18,19,20)/t14-/m1/s1. The zero-order valence-electron chi connectivity index (χ0n) is 13.7. The van der Waals surface area contributed by atoms with Gasteiger partial charge in [-0.3, -0.25) is 10.1 Å². The van der Waals surface area contributed by atoms with Gasteiger partial charge in [0.2, 0.25) is 0 Å². The van der Waals surface area contributed by atoms with E-state index in [0.717, 1.165) is 9.88 Å². The fourth-order valence-corrected chi connectivity index (χ4v) is 3.21. The number of hydrogen-bond acceptors (Lipinski definition) is 6. The molecule has 0 radical (unpaired) electrons. The average molecular weight is 340 g/mol. The summed E-state index contributed by atoms with van der Waals surface area (Å²) in [6.45, 7) is 8.68. The fraction of sp³-hybridized carbons (Fsp3) is 0.571. The third-order valence-electron chi connectivity index (χ3n) is 3.15. The van der Waals surface area contributed by atoms with Gasteiger partial charge in [-0.15, -0.1) is 11.3 Å². The molecule has 9 heteroatoms. The Morgan fingerprint density at radius 3 is 2.43 bits per heavy atom. The maximum absolute atomic E-state index is 12.3. The predicted octanol–water partition coefficient (Wildman–Crippen LogP) is 1.32. The fourth-order valence-electron chi connectivity index (χ4n) is 2.31. The molecular weight excluding hydrogens is 320 g/mol. The minimum absolute atomic E-state index is 0.149. The van der Waals surface area contributed by atoms with Crippen LogP contribution in [0.2, 0.25) is 0 Å². The molecule has 0 spiro atoms. The summed E-state index contributed by atoms with van der Waals surface area (Å²) in [5, 5.41) is 8.08. The van der Waals surface area contributed by atoms with Gasteiger partial charge in [0, 0.05) is 4.88 Å². The average Bonchev–Trinajstić information content (AvgIpc) is 2.85. The molecule has 8 nitrogen and oxygen atoms in total. The summed E-state index contributed by atoms with van der Waals surface area (Å²) in [5.41, 5.74) is -1.66. The number of carbonyl (C=O) groups excluding carboxylic acids is 3. The SMILES string of the molecule is Cc1nc([C@@]2(CNC(=O)OC(C)(C)C)NC(=O)NC2=O)c(C)s1. The monoisotopic (exact) mass is 340 g/mol. The van der Waals surface area contributed by atoms with E-state index in [9.17, 15) is 14.4 Å². The molecule has 4 amide bonds. The Labute approximate surface area is 138 Å². The summed E-state index contributed by atoms with van der Waals surface area (Å²) in [6, 6.07) is -0.619. The van der Waals surface area contributed by atoms with Crippen LogP contribution in [-0.4, -0.2) is 35.2 Å². The molecule has 1 saturated heterocycles. The lowest BCUT2D eigenvalue weighted by molar-refractivity contribution is -0.124. The van der Waals surface area contributed by atoms with Crippen molar-refractivity contribution in [2.24, 2.45) is 0 Å². The molecule has 3 N–H and O–H groups in total. The normalized spacial score (nSPS) is 20.9. The number of aryl methyl sites for hydroxylation is 2. The molecule has 2 heterocycles. The molecule has 1 aromatic heterocycles. The van der Waals surface area contributed by atoms with Crippen LogP contribution in [0, 0.1) is 13.8 Å². The minimum Gasteiger partial charge on any atom is -0.444 e. The Balaban J connectivity index is 2.26. The summed E-state index contributed by atoms with van der Waals surface area (Å²) in [7, 11) is 0. The number of urea groups is 1. The van der Waals surface area contributed by atoms with Crippen LogP contribution < -0.4 is 16.0 Å². The van der Waals surface area contributed by atoms with Crippen LogP contribution in [0.4, 0.5) is 9.59 Å². The predicted molar refractivity (Wildman–Crippen MR) is 84.2 cm³/mol. The summed E-state index contributed by atoms with van der Waals surface area (Å²) >= 11 is 1.42. The second-order valence-corrected chi connectivity index (χ2v) is 7.71. The first-order valence-electron chi connectivity index (χ1n) is 7.08. The highest BCUT2D eigenvalue weighted by Crippen LogP contribution is 2.30. The maximum atomic E-state index is 12.3. The van der Waals surface area contributed by atoms with E-state index in [0.29, 0.717) is 5.69 Å². The number of hydrogen-bond donors (Lipinski definition) is 3. The number of imide groups is 1. The number of ether oxygens (including phenoxy) is 1. The third kappa shape index (κ3) is 3.61. The Morgan fingerprint density at radius 1 is 1.35 bits per heavy atom. The summed E-state index contributed by atoms with van der Waals surface area (Å²) in [5.74, 6) is -0.549. The van der Waals surface area contributed by atoms with E-state index in [1.165, 1.54) is 11.3 Å². The van der Waals surface area contributed by atoms with E-state index < -0.39 is 29.2 Å². The van der Waals surface area contributed by atoms with E-state index in [2.05, 4.69) is 20.9 Å². The lowest BCUT2D eigenvalue weighted by Crippen LogP contribution is -2.53. The van der Waals surface area contributed by atoms with Gasteiger partial charge in [-0.25, -0.2) is 14.6 Å². The maximum Gasteiger partial charge on any atom is 0.407 e. The number of nitrogens with zero attached hydrogens (tertiary/aromatic N) is 1. The highest BCUT2D eigenvalue weighted by molar-refractivity contribution is 7.11. The van der Waals surface area contributed by atoms with Crippen LogP contribution in [-0.2, 0) is 15.1 Å². The molecule has 0 unspecified atom stereocenters. The van der Waals surface area contributed by atoms with Crippen molar-refractivity contribution in [2.75, 3.05) is 6.54 Å². The molecule has 126 valence electrons. The number of aromatic nitrogens is 1. The van der Waals surface area contributed by atoms with Crippen LogP contribution in [0.25, 0.3) is 0 Å². The van der Waals surface area contributed by atoms with E-state index in [-0.39, 0.29) is 6.54 Å². The molecule has 1 atom stereocenters. The lowest BCUT2D eigenvalue weighted by Gasteiger charge is -2.26. The zero-order chi connectivity index (χ0) is 17.4. The number of thiazole rings is 1. The van der Waals surface area contributed by atoms with Crippen LogP contribution >= 0.6 is 11.3 Å². The largest absolute Gasteiger partial charge is 0.444 e. The smallest absolute Gasteiger partial charge is 0.407 e. The van der Waals surface area contributed by atoms with Gasteiger partial charge in [0.25, 0.3) is 5.91 Å². The van der Waals surface area contributed by atoms with Gasteiger partial charge >= 0.3 is 12.1 Å². The first kappa shape index (κ1) is 17.2. The van der Waals surface area contributed by atoms with Gasteiger partial charge < -0.3 is 15.4 Å². The van der Waals surface area contributed by atoms with E-state index in [1.807, 2.05) is 13.8 Å². The molecule has 1 aromatic rings. The molecule has 1 fully saturated rings. The van der Waals surface area contributed by atoms with Gasteiger partial charge in [-0.2, -0.15) is 0 Å². The van der Waals surface area contributed by atoms with Gasteiger partial charge in [-0.1, -0.05) is 0 Å². The van der Waals surface area contributed by atoms with Crippen LogP contribution in [0.1, 0.15) is 36.3 Å². The highest BCUT2D eigenvalue weighted by atomic mass is 32.1. The van der Waals surface area contributed by atoms with Crippen molar-refractivity contribution in [1.82, 2.24) is 20.9 Å². The number of amides is 4. The molecule has 2 rings (SSSR count). The molecular formula is C14H20N4O4S. The second-order valence-electron chi connectivity index (χ2n) is 6.31. The quantitative estimate of drug-likeness (QED) is 0.719. The summed E-state index contributed by atoms with van der Waals surface area (Å²) in [4.78, 5) is 41.0. The first-order valence-corrected chi connectivity index (χ1v) is 7.90. The Morgan fingerprint density at radius 2 is 2.00 bits per heavy atom. The Hall–Kier alpha value is -2.16. The highest BCUT2D eigenvalue weighted by Gasteiger charge is 2.50. The molecule has 0 bridgehead atoms. The first-order chi connectivity index (χ1) is 10.5. The Bertz CT molecular complexity index is 664. The lowest BCUT2D eigenvalue weighted by atomic mass is 9.94. The van der Waals surface area contributed by atoms with Crippen molar-refractivity contribution >= 4 is 29.4 Å². The summed E-state index contributed by atoms with van der Waals surface area (Å²) < 4.78 is 5.16. The topological polar surface area (TPSA) is 109 Å². The van der Waals surface area contributed by atoms with E-state index in [1.54, 1.807) is 20.8 Å². The number of nitrogens with one attached hydrogen (secondary N) is 3. The molecule has 0 aromatic carbocycles. The van der Waals surface area contributed by atoms with Gasteiger partial charge in [0.1, 0.15) is 5.60 Å². The number of rotatable bonds is 3. The van der Waals surface area contributed by atoms with Crippen molar-refractivity contribution in [2.45, 2.75) is 45.8 Å². The van der Waals surface area contributed by atoms with Gasteiger partial charge in [0.15, 0.2) is 5.54 Å². The molecule has 0 saturated carbocycles. The zero-order valence-corrected chi connectivity index (χ0v) is 14.5. The summed E-state index contributed by atoms with van der Waals surface area (Å²) in [6.07, 6.45) is -0.671. The van der Waals surface area contributed by atoms with E-state index >= 15 is 0 Å². The molecule has 0 aliphatic carbocycles. The van der Waals surface area contributed by atoms with Crippen LogP contribution in [0.5, 0.6) is 0 Å². The van der Waals surface area contributed by atoms with Gasteiger partial charge in [-0.05, 0) is 34.6 Å².